The summed E-state index contributed by atoms with van der Waals surface area (Å²) in [5.74, 6) is 0.283. The molecule has 0 spiro atoms. The van der Waals surface area contributed by atoms with Crippen LogP contribution in [0.4, 0.5) is 0 Å². The Bertz CT molecular complexity index is 508. The van der Waals surface area contributed by atoms with Gasteiger partial charge in [-0.05, 0) is 23.5 Å². The normalized spacial score (nSPS) is 21.5. The number of nitrogens with zero attached hydrogens (tertiary/aromatic N) is 1. The summed E-state index contributed by atoms with van der Waals surface area (Å²) >= 11 is 0. The van der Waals surface area contributed by atoms with Crippen LogP contribution in [0.2, 0.25) is 0 Å². The molecule has 1 aliphatic heterocycles. The van der Waals surface area contributed by atoms with E-state index in [-0.39, 0.29) is 12.0 Å². The van der Waals surface area contributed by atoms with Crippen molar-refractivity contribution in [2.75, 3.05) is 12.8 Å². The Kier molecular flexibility index (Phi) is 3.27. The van der Waals surface area contributed by atoms with E-state index in [0.717, 1.165) is 6.42 Å². The summed E-state index contributed by atoms with van der Waals surface area (Å²) in [5.41, 5.74) is 2.45. The van der Waals surface area contributed by atoms with Crippen LogP contribution >= 0.6 is 0 Å². The van der Waals surface area contributed by atoms with E-state index >= 15 is 0 Å². The maximum atomic E-state index is 11.8. The van der Waals surface area contributed by atoms with E-state index in [1.54, 1.807) is 4.31 Å². The minimum absolute atomic E-state index is 0.0186. The van der Waals surface area contributed by atoms with Gasteiger partial charge in [0.25, 0.3) is 0 Å². The number of sulfonamides is 1. The minimum Gasteiger partial charge on any atom is -0.212 e. The Balaban J connectivity index is 2.50. The standard InChI is InChI=1S/C13H19NO2S/c1-10(2)13-12-7-5-4-6-11(12)8-9-14(13)17(3,15)16/h4-7,10,13H,8-9H2,1-3H3/t13-/m0/s1. The molecular formula is C13H19NO2S. The molecule has 0 aromatic heterocycles. The van der Waals surface area contributed by atoms with Crippen molar-refractivity contribution in [1.29, 1.82) is 0 Å². The van der Waals surface area contributed by atoms with Crippen LogP contribution in [0.25, 0.3) is 0 Å². The molecule has 0 bridgehead atoms. The molecule has 2 rings (SSSR count). The van der Waals surface area contributed by atoms with Crippen LogP contribution in [-0.4, -0.2) is 25.5 Å². The summed E-state index contributed by atoms with van der Waals surface area (Å²) in [5, 5.41) is 0. The SMILES string of the molecule is CC(C)[C@H]1c2ccccc2CCN1S(C)(=O)=O. The van der Waals surface area contributed by atoms with Gasteiger partial charge in [0.05, 0.1) is 12.3 Å². The first kappa shape index (κ1) is 12.6. The predicted molar refractivity (Wildman–Crippen MR) is 69.3 cm³/mol. The number of benzene rings is 1. The van der Waals surface area contributed by atoms with Crippen molar-refractivity contribution < 1.29 is 8.42 Å². The highest BCUT2D eigenvalue weighted by Gasteiger charge is 2.34. The molecule has 0 fully saturated rings. The zero-order valence-corrected chi connectivity index (χ0v) is 11.4. The molecule has 0 radical (unpaired) electrons. The van der Waals surface area contributed by atoms with Gasteiger partial charge in [0.15, 0.2) is 0 Å². The van der Waals surface area contributed by atoms with Gasteiger partial charge in [-0.3, -0.25) is 0 Å². The van der Waals surface area contributed by atoms with E-state index in [1.807, 2.05) is 12.1 Å². The van der Waals surface area contributed by atoms with Crippen molar-refractivity contribution in [2.24, 2.45) is 5.92 Å². The first-order valence-corrected chi connectivity index (χ1v) is 7.80. The molecule has 1 atom stereocenters. The van der Waals surface area contributed by atoms with Crippen LogP contribution in [-0.2, 0) is 16.4 Å². The first-order valence-electron chi connectivity index (χ1n) is 5.96. The predicted octanol–water partition coefficient (Wildman–Crippen LogP) is 2.20. The van der Waals surface area contributed by atoms with Gasteiger partial charge in [0.1, 0.15) is 0 Å². The van der Waals surface area contributed by atoms with Crippen LogP contribution in [0.5, 0.6) is 0 Å². The third-order valence-electron chi connectivity index (χ3n) is 3.34. The molecule has 1 aromatic carbocycles. The van der Waals surface area contributed by atoms with Crippen molar-refractivity contribution >= 4 is 10.0 Å². The summed E-state index contributed by atoms with van der Waals surface area (Å²) < 4.78 is 25.3. The summed E-state index contributed by atoms with van der Waals surface area (Å²) in [6.45, 7) is 4.74. The van der Waals surface area contributed by atoms with E-state index in [4.69, 9.17) is 0 Å². The fourth-order valence-electron chi connectivity index (χ4n) is 2.64. The van der Waals surface area contributed by atoms with E-state index in [9.17, 15) is 8.42 Å². The largest absolute Gasteiger partial charge is 0.212 e. The smallest absolute Gasteiger partial charge is 0.211 e. The summed E-state index contributed by atoms with van der Waals surface area (Å²) in [6, 6.07) is 8.14. The molecular weight excluding hydrogens is 234 g/mol. The lowest BCUT2D eigenvalue weighted by molar-refractivity contribution is 0.250. The van der Waals surface area contributed by atoms with Gasteiger partial charge in [-0.1, -0.05) is 38.1 Å². The monoisotopic (exact) mass is 253 g/mol. The van der Waals surface area contributed by atoms with Crippen LogP contribution in [0.1, 0.15) is 31.0 Å². The zero-order chi connectivity index (χ0) is 12.6. The Labute approximate surface area is 104 Å². The van der Waals surface area contributed by atoms with Crippen molar-refractivity contribution in [3.05, 3.63) is 35.4 Å². The Morgan fingerprint density at radius 3 is 2.53 bits per heavy atom. The van der Waals surface area contributed by atoms with E-state index in [1.165, 1.54) is 17.4 Å². The Morgan fingerprint density at radius 2 is 1.94 bits per heavy atom. The van der Waals surface area contributed by atoms with Crippen LogP contribution < -0.4 is 0 Å². The van der Waals surface area contributed by atoms with E-state index in [0.29, 0.717) is 6.54 Å². The Hall–Kier alpha value is -0.870. The highest BCUT2D eigenvalue weighted by atomic mass is 32.2. The topological polar surface area (TPSA) is 37.4 Å². The highest BCUT2D eigenvalue weighted by molar-refractivity contribution is 7.88. The first-order chi connectivity index (χ1) is 7.91. The highest BCUT2D eigenvalue weighted by Crippen LogP contribution is 2.36. The quantitative estimate of drug-likeness (QED) is 0.810. The molecule has 1 heterocycles. The maximum absolute atomic E-state index is 11.8. The van der Waals surface area contributed by atoms with Gasteiger partial charge in [-0.15, -0.1) is 0 Å². The average molecular weight is 253 g/mol. The van der Waals surface area contributed by atoms with Crippen LogP contribution in [0.15, 0.2) is 24.3 Å². The lowest BCUT2D eigenvalue weighted by Gasteiger charge is -2.37. The minimum atomic E-state index is -3.13. The molecule has 3 nitrogen and oxygen atoms in total. The van der Waals surface area contributed by atoms with Gasteiger partial charge in [0, 0.05) is 6.54 Å². The third-order valence-corrected chi connectivity index (χ3v) is 4.60. The molecule has 0 unspecified atom stereocenters. The Morgan fingerprint density at radius 1 is 1.29 bits per heavy atom. The van der Waals surface area contributed by atoms with Crippen molar-refractivity contribution in [3.8, 4) is 0 Å². The maximum Gasteiger partial charge on any atom is 0.211 e. The molecule has 17 heavy (non-hydrogen) atoms. The number of hydrogen-bond acceptors (Lipinski definition) is 2. The zero-order valence-electron chi connectivity index (χ0n) is 10.6. The van der Waals surface area contributed by atoms with Gasteiger partial charge in [-0.2, -0.15) is 4.31 Å². The van der Waals surface area contributed by atoms with Crippen molar-refractivity contribution in [3.63, 3.8) is 0 Å². The van der Waals surface area contributed by atoms with Gasteiger partial charge in [0.2, 0.25) is 10.0 Å². The second-order valence-electron chi connectivity index (χ2n) is 5.01. The van der Waals surface area contributed by atoms with Crippen LogP contribution in [0.3, 0.4) is 0 Å². The second-order valence-corrected chi connectivity index (χ2v) is 6.95. The second kappa shape index (κ2) is 4.42. The van der Waals surface area contributed by atoms with Gasteiger partial charge < -0.3 is 0 Å². The van der Waals surface area contributed by atoms with E-state index < -0.39 is 10.0 Å². The lowest BCUT2D eigenvalue weighted by Crippen LogP contribution is -2.41. The molecule has 1 aliphatic rings. The molecule has 0 amide bonds. The van der Waals surface area contributed by atoms with Gasteiger partial charge >= 0.3 is 0 Å². The summed E-state index contributed by atoms with van der Waals surface area (Å²) in [4.78, 5) is 0. The molecule has 0 N–H and O–H groups in total. The molecule has 0 saturated carbocycles. The third kappa shape index (κ3) is 2.38. The number of rotatable bonds is 2. The number of hydrogen-bond donors (Lipinski definition) is 0. The molecule has 0 saturated heterocycles. The van der Waals surface area contributed by atoms with Crippen molar-refractivity contribution in [1.82, 2.24) is 4.31 Å². The molecule has 4 heteroatoms. The van der Waals surface area contributed by atoms with Crippen molar-refractivity contribution in [2.45, 2.75) is 26.3 Å². The molecule has 94 valence electrons. The average Bonchev–Trinajstić information content (AvgIpc) is 2.26. The molecule has 1 aromatic rings. The lowest BCUT2D eigenvalue weighted by atomic mass is 9.88. The fourth-order valence-corrected chi connectivity index (χ4v) is 3.83. The fraction of sp³-hybridized carbons (Fsp3) is 0.538. The molecule has 0 aliphatic carbocycles. The van der Waals surface area contributed by atoms with Crippen LogP contribution in [0, 0.1) is 5.92 Å². The van der Waals surface area contributed by atoms with E-state index in [2.05, 4.69) is 26.0 Å². The summed E-state index contributed by atoms with van der Waals surface area (Å²) in [7, 11) is -3.13. The number of fused-ring (bicyclic) bond motifs is 1. The van der Waals surface area contributed by atoms with Gasteiger partial charge in [-0.25, -0.2) is 8.42 Å². The summed E-state index contributed by atoms with van der Waals surface area (Å²) in [6.07, 6.45) is 2.11.